The number of hydrogen-bond acceptors (Lipinski definition) is 6. The number of ether oxygens (including phenoxy) is 4. The fourth-order valence-corrected chi connectivity index (χ4v) is 3.65. The van der Waals surface area contributed by atoms with Crippen molar-refractivity contribution >= 4 is 16.7 Å². The number of hydrogen-bond donors (Lipinski definition) is 0. The minimum absolute atomic E-state index is 0.0610. The lowest BCUT2D eigenvalue weighted by atomic mass is 10.1. The van der Waals surface area contributed by atoms with Crippen LogP contribution in [0.25, 0.3) is 16.5 Å². The van der Waals surface area contributed by atoms with Crippen LogP contribution >= 0.6 is 0 Å². The SMILES string of the molecule is COc1ccc(-n2cc(C(=O)OCc3ccc4c(c3)OCO4)c3ccccc3c2=O)cc1. The van der Waals surface area contributed by atoms with Gasteiger partial charge in [0.15, 0.2) is 11.5 Å². The van der Waals surface area contributed by atoms with Gasteiger partial charge < -0.3 is 18.9 Å². The molecule has 0 unspecified atom stereocenters. The zero-order valence-electron chi connectivity index (χ0n) is 17.2. The van der Waals surface area contributed by atoms with Crippen LogP contribution in [0.2, 0.25) is 0 Å². The molecule has 2 heterocycles. The maximum absolute atomic E-state index is 13.1. The lowest BCUT2D eigenvalue weighted by molar-refractivity contribution is 0.0474. The minimum atomic E-state index is -0.527. The molecule has 0 radical (unpaired) electrons. The van der Waals surface area contributed by atoms with E-state index in [4.69, 9.17) is 18.9 Å². The normalized spacial score (nSPS) is 12.0. The molecular formula is C25H19NO6. The summed E-state index contributed by atoms with van der Waals surface area (Å²) in [5.74, 6) is 1.43. The van der Waals surface area contributed by atoms with Gasteiger partial charge in [-0.15, -0.1) is 0 Å². The van der Waals surface area contributed by atoms with Gasteiger partial charge in [0, 0.05) is 22.7 Å². The molecule has 4 aromatic rings. The quantitative estimate of drug-likeness (QED) is 0.445. The van der Waals surface area contributed by atoms with Crippen molar-refractivity contribution in [1.82, 2.24) is 4.57 Å². The van der Waals surface area contributed by atoms with E-state index < -0.39 is 5.97 Å². The number of fused-ring (bicyclic) bond motifs is 2. The van der Waals surface area contributed by atoms with Crippen LogP contribution in [0.1, 0.15) is 15.9 Å². The molecule has 0 N–H and O–H groups in total. The molecule has 1 aliphatic rings. The highest BCUT2D eigenvalue weighted by molar-refractivity contribution is 6.04. The number of esters is 1. The van der Waals surface area contributed by atoms with Crippen LogP contribution in [0.15, 0.2) is 77.7 Å². The van der Waals surface area contributed by atoms with E-state index in [1.165, 1.54) is 10.8 Å². The highest BCUT2D eigenvalue weighted by Crippen LogP contribution is 2.32. The Morgan fingerprint density at radius 2 is 1.72 bits per heavy atom. The van der Waals surface area contributed by atoms with E-state index in [-0.39, 0.29) is 19.0 Å². The second kappa shape index (κ2) is 8.11. The van der Waals surface area contributed by atoms with Crippen molar-refractivity contribution in [1.29, 1.82) is 0 Å². The first-order valence-electron chi connectivity index (χ1n) is 9.98. The Hall–Kier alpha value is -4.26. The molecule has 7 nitrogen and oxygen atoms in total. The molecule has 0 aliphatic carbocycles. The lowest BCUT2D eigenvalue weighted by Crippen LogP contribution is -2.21. The topological polar surface area (TPSA) is 76.0 Å². The molecular weight excluding hydrogens is 410 g/mol. The fraction of sp³-hybridized carbons (Fsp3) is 0.120. The summed E-state index contributed by atoms with van der Waals surface area (Å²) >= 11 is 0. The Morgan fingerprint density at radius 1 is 0.969 bits per heavy atom. The van der Waals surface area contributed by atoms with Crippen molar-refractivity contribution in [3.63, 3.8) is 0 Å². The van der Waals surface area contributed by atoms with E-state index in [9.17, 15) is 9.59 Å². The maximum atomic E-state index is 13.1. The van der Waals surface area contributed by atoms with Gasteiger partial charge in [0.2, 0.25) is 6.79 Å². The Bertz CT molecular complexity index is 1370. The van der Waals surface area contributed by atoms with Crippen molar-refractivity contribution in [2.45, 2.75) is 6.61 Å². The summed E-state index contributed by atoms with van der Waals surface area (Å²) in [6.45, 7) is 0.239. The summed E-state index contributed by atoms with van der Waals surface area (Å²) in [6.07, 6.45) is 1.52. The number of carbonyl (C=O) groups excluding carboxylic acids is 1. The average Bonchev–Trinajstić information content (AvgIpc) is 3.31. The Labute approximate surface area is 183 Å². The predicted molar refractivity (Wildman–Crippen MR) is 118 cm³/mol. The molecule has 0 bridgehead atoms. The summed E-state index contributed by atoms with van der Waals surface area (Å²) in [4.78, 5) is 26.1. The maximum Gasteiger partial charge on any atom is 0.340 e. The van der Waals surface area contributed by atoms with Crippen LogP contribution in [0.5, 0.6) is 17.2 Å². The second-order valence-corrected chi connectivity index (χ2v) is 7.23. The summed E-state index contributed by atoms with van der Waals surface area (Å²) in [6, 6.07) is 19.4. The fourth-order valence-electron chi connectivity index (χ4n) is 3.65. The third-order valence-corrected chi connectivity index (χ3v) is 5.30. The van der Waals surface area contributed by atoms with Gasteiger partial charge in [-0.05, 0) is 48.0 Å². The van der Waals surface area contributed by atoms with Crippen LogP contribution in [-0.4, -0.2) is 24.4 Å². The van der Waals surface area contributed by atoms with Crippen molar-refractivity contribution < 1.29 is 23.7 Å². The van der Waals surface area contributed by atoms with Crippen LogP contribution in [0, 0.1) is 0 Å². The van der Waals surface area contributed by atoms with E-state index in [2.05, 4.69) is 0 Å². The molecule has 0 amide bonds. The minimum Gasteiger partial charge on any atom is -0.497 e. The number of nitrogens with zero attached hydrogens (tertiary/aromatic N) is 1. The molecule has 0 saturated carbocycles. The van der Waals surface area contributed by atoms with Gasteiger partial charge >= 0.3 is 5.97 Å². The summed E-state index contributed by atoms with van der Waals surface area (Å²) in [7, 11) is 1.57. The van der Waals surface area contributed by atoms with Gasteiger partial charge in [-0.25, -0.2) is 4.79 Å². The molecule has 1 aliphatic heterocycles. The number of pyridine rings is 1. The van der Waals surface area contributed by atoms with Crippen molar-refractivity contribution in [2.24, 2.45) is 0 Å². The van der Waals surface area contributed by atoms with Gasteiger partial charge in [-0.1, -0.05) is 24.3 Å². The van der Waals surface area contributed by atoms with Crippen molar-refractivity contribution in [3.05, 3.63) is 94.4 Å². The summed E-state index contributed by atoms with van der Waals surface area (Å²) in [5, 5.41) is 0.971. The number of aromatic nitrogens is 1. The monoisotopic (exact) mass is 429 g/mol. The van der Waals surface area contributed by atoms with Gasteiger partial charge in [-0.2, -0.15) is 0 Å². The highest BCUT2D eigenvalue weighted by Gasteiger charge is 2.18. The van der Waals surface area contributed by atoms with E-state index in [0.29, 0.717) is 39.3 Å². The van der Waals surface area contributed by atoms with Gasteiger partial charge in [0.1, 0.15) is 12.4 Å². The smallest absolute Gasteiger partial charge is 0.340 e. The first-order chi connectivity index (χ1) is 15.6. The molecule has 160 valence electrons. The van der Waals surface area contributed by atoms with E-state index in [1.54, 1.807) is 67.8 Å². The first kappa shape index (κ1) is 19.7. The average molecular weight is 429 g/mol. The number of methoxy groups -OCH3 is 1. The number of carbonyl (C=O) groups is 1. The Balaban J connectivity index is 1.50. The van der Waals surface area contributed by atoms with Gasteiger partial charge in [-0.3, -0.25) is 9.36 Å². The standard InChI is InChI=1S/C25H19NO6/c1-29-18-9-7-17(8-10-18)26-13-21(19-4-2-3-5-20(19)24(26)27)25(28)30-14-16-6-11-22-23(12-16)32-15-31-22/h2-13H,14-15H2,1H3. The van der Waals surface area contributed by atoms with E-state index >= 15 is 0 Å². The summed E-state index contributed by atoms with van der Waals surface area (Å²) in [5.41, 5.74) is 1.47. The zero-order chi connectivity index (χ0) is 22.1. The van der Waals surface area contributed by atoms with Gasteiger partial charge in [0.25, 0.3) is 5.56 Å². The van der Waals surface area contributed by atoms with Crippen molar-refractivity contribution in [3.8, 4) is 22.9 Å². The molecule has 0 saturated heterocycles. The van der Waals surface area contributed by atoms with Crippen LogP contribution in [0.3, 0.4) is 0 Å². The Kier molecular flexibility index (Phi) is 4.99. The van der Waals surface area contributed by atoms with Gasteiger partial charge in [0.05, 0.1) is 12.7 Å². The molecule has 0 spiro atoms. The second-order valence-electron chi connectivity index (χ2n) is 7.23. The summed E-state index contributed by atoms with van der Waals surface area (Å²) < 4.78 is 22.9. The highest BCUT2D eigenvalue weighted by atomic mass is 16.7. The predicted octanol–water partition coefficient (Wildman–Crippen LogP) is 4.09. The van der Waals surface area contributed by atoms with Crippen LogP contribution in [-0.2, 0) is 11.3 Å². The van der Waals surface area contributed by atoms with E-state index in [0.717, 1.165) is 5.56 Å². The third-order valence-electron chi connectivity index (χ3n) is 5.30. The zero-order valence-corrected chi connectivity index (χ0v) is 17.2. The molecule has 3 aromatic carbocycles. The van der Waals surface area contributed by atoms with E-state index in [1.807, 2.05) is 6.07 Å². The molecule has 1 aromatic heterocycles. The largest absolute Gasteiger partial charge is 0.497 e. The van der Waals surface area contributed by atoms with Crippen LogP contribution in [0.4, 0.5) is 0 Å². The molecule has 0 fully saturated rings. The molecule has 0 atom stereocenters. The molecule has 32 heavy (non-hydrogen) atoms. The first-order valence-corrected chi connectivity index (χ1v) is 9.98. The lowest BCUT2D eigenvalue weighted by Gasteiger charge is -2.13. The molecule has 7 heteroatoms. The Morgan fingerprint density at radius 3 is 2.50 bits per heavy atom. The van der Waals surface area contributed by atoms with Crippen LogP contribution < -0.4 is 19.8 Å². The third kappa shape index (κ3) is 3.54. The molecule has 5 rings (SSSR count). The number of benzene rings is 3. The number of rotatable bonds is 5. The van der Waals surface area contributed by atoms with Crippen molar-refractivity contribution in [2.75, 3.05) is 13.9 Å².